The average Bonchev–Trinajstić information content (AvgIpc) is 2.16. The van der Waals surface area contributed by atoms with Gasteiger partial charge in [-0.05, 0) is 11.5 Å². The summed E-state index contributed by atoms with van der Waals surface area (Å²) in [5, 5.41) is 15.9. The van der Waals surface area contributed by atoms with Gasteiger partial charge in [0.1, 0.15) is 0 Å². The van der Waals surface area contributed by atoms with Gasteiger partial charge >= 0.3 is 0 Å². The largest absolute Gasteiger partial charge is 0.858 e. The predicted molar refractivity (Wildman–Crippen MR) is 64.1 cm³/mol. The molecule has 1 rings (SSSR count). The fourth-order valence-corrected chi connectivity index (χ4v) is 1.25. The fourth-order valence-electron chi connectivity index (χ4n) is 1.25. The lowest BCUT2D eigenvalue weighted by Gasteiger charge is -2.16. The molecule has 0 aromatic heterocycles. The van der Waals surface area contributed by atoms with Crippen molar-refractivity contribution < 1.29 is 9.70 Å². The molecule has 0 heterocycles. The Morgan fingerprint density at radius 2 is 1.69 bits per heavy atom. The lowest BCUT2D eigenvalue weighted by Crippen LogP contribution is -2.29. The van der Waals surface area contributed by atoms with Crippen LogP contribution in [0.2, 0.25) is 0 Å². The molecule has 4 nitrogen and oxygen atoms in total. The maximum Gasteiger partial charge on any atom is 0.180 e. The van der Waals surface area contributed by atoms with Gasteiger partial charge in [-0.1, -0.05) is 35.4 Å². The van der Waals surface area contributed by atoms with Crippen LogP contribution >= 0.6 is 0 Å². The summed E-state index contributed by atoms with van der Waals surface area (Å²) in [7, 11) is 5.73. The number of quaternary nitrogens is 1. The molecule has 4 heteroatoms. The summed E-state index contributed by atoms with van der Waals surface area (Å²) in [6.45, 7) is 1.73. The van der Waals surface area contributed by atoms with E-state index in [-0.39, 0.29) is 5.90 Å². The van der Waals surface area contributed by atoms with E-state index in [4.69, 9.17) is 0 Å². The first-order valence-corrected chi connectivity index (χ1v) is 5.08. The summed E-state index contributed by atoms with van der Waals surface area (Å²) >= 11 is 0. The molecular weight excluding hydrogens is 202 g/mol. The highest BCUT2D eigenvalue weighted by Gasteiger charge is 2.04. The lowest BCUT2D eigenvalue weighted by molar-refractivity contribution is -0.877. The van der Waals surface area contributed by atoms with Crippen LogP contribution in [-0.4, -0.2) is 37.5 Å². The fraction of sp³-hybridized carbons (Fsp3) is 0.333. The lowest BCUT2D eigenvalue weighted by atomic mass is 10.2. The molecule has 0 bridgehead atoms. The van der Waals surface area contributed by atoms with Crippen LogP contribution < -0.4 is 5.11 Å². The zero-order valence-electron chi connectivity index (χ0n) is 10.1. The van der Waals surface area contributed by atoms with Gasteiger partial charge in [0, 0.05) is 6.92 Å². The van der Waals surface area contributed by atoms with Crippen molar-refractivity contribution in [2.75, 3.05) is 21.1 Å². The third kappa shape index (κ3) is 4.23. The monoisotopic (exact) mass is 219 g/mol. The first-order chi connectivity index (χ1) is 7.38. The summed E-state index contributed by atoms with van der Waals surface area (Å²) in [6, 6.07) is 8.98. The zero-order chi connectivity index (χ0) is 12.2. The number of amidine groups is 1. The van der Waals surface area contributed by atoms with E-state index in [1.54, 1.807) is 19.1 Å². The van der Waals surface area contributed by atoms with E-state index in [1.807, 2.05) is 39.3 Å². The smallest absolute Gasteiger partial charge is 0.180 e. The van der Waals surface area contributed by atoms with Crippen LogP contribution in [0.15, 0.2) is 40.4 Å². The summed E-state index contributed by atoms with van der Waals surface area (Å²) < 4.78 is 0.400. The van der Waals surface area contributed by atoms with Gasteiger partial charge in [0.05, 0.1) is 21.1 Å². The Morgan fingerprint density at radius 1 is 1.12 bits per heavy atom. The molecule has 1 aromatic carbocycles. The van der Waals surface area contributed by atoms with Crippen molar-refractivity contribution in [1.29, 1.82) is 0 Å². The van der Waals surface area contributed by atoms with Gasteiger partial charge in [0.15, 0.2) is 5.84 Å². The summed E-state index contributed by atoms with van der Waals surface area (Å²) in [4.78, 5) is 3.93. The Bertz CT molecular complexity index is 402. The van der Waals surface area contributed by atoms with Crippen molar-refractivity contribution >= 4 is 11.7 Å². The maximum atomic E-state index is 11.7. The van der Waals surface area contributed by atoms with Gasteiger partial charge in [-0.2, -0.15) is 0 Å². The molecule has 0 atom stereocenters. The molecule has 0 radical (unpaired) electrons. The topological polar surface area (TPSA) is 47.8 Å². The number of hydrogen-bond acceptors (Lipinski definition) is 2. The minimum atomic E-state index is -0.254. The second-order valence-corrected chi connectivity index (χ2v) is 4.37. The molecule has 0 spiro atoms. The molecule has 0 saturated heterocycles. The SMILES string of the molecule is C/C(N=C([O-])c1ccccc1)=N\[N+](C)(C)C. The van der Waals surface area contributed by atoms with Gasteiger partial charge < -0.3 is 5.11 Å². The normalized spacial score (nSPS) is 14.0. The Labute approximate surface area is 96.1 Å². The molecule has 1 aromatic rings. The molecule has 86 valence electrons. The molecule has 16 heavy (non-hydrogen) atoms. The standard InChI is InChI=1S/C12H17N3O/c1-10(14-15(2,3)4)13-12(16)11-8-6-5-7-9-11/h5-9H,1-4H3. The van der Waals surface area contributed by atoms with E-state index in [1.165, 1.54) is 0 Å². The quantitative estimate of drug-likeness (QED) is 0.314. The second-order valence-electron chi connectivity index (χ2n) is 4.37. The van der Waals surface area contributed by atoms with Crippen LogP contribution in [0.1, 0.15) is 12.5 Å². The van der Waals surface area contributed by atoms with Crippen LogP contribution in [0.3, 0.4) is 0 Å². The molecule has 0 amide bonds. The van der Waals surface area contributed by atoms with Crippen molar-refractivity contribution in [3.8, 4) is 0 Å². The Balaban J connectivity index is 2.90. The number of rotatable bonds is 2. The third-order valence-corrected chi connectivity index (χ3v) is 1.73. The summed E-state index contributed by atoms with van der Waals surface area (Å²) in [6.07, 6.45) is 0. The molecule has 0 aliphatic heterocycles. The number of hydrogen-bond donors (Lipinski definition) is 0. The van der Waals surface area contributed by atoms with E-state index in [0.717, 1.165) is 0 Å². The average molecular weight is 219 g/mol. The molecule has 0 unspecified atom stereocenters. The number of benzene rings is 1. The van der Waals surface area contributed by atoms with E-state index in [0.29, 0.717) is 16.0 Å². The van der Waals surface area contributed by atoms with Crippen LogP contribution in [0, 0.1) is 0 Å². The van der Waals surface area contributed by atoms with Crippen molar-refractivity contribution in [2.24, 2.45) is 10.1 Å². The van der Waals surface area contributed by atoms with Gasteiger partial charge in [0.2, 0.25) is 0 Å². The first-order valence-electron chi connectivity index (χ1n) is 5.08. The Kier molecular flexibility index (Phi) is 3.79. The van der Waals surface area contributed by atoms with Crippen LogP contribution in [0.25, 0.3) is 0 Å². The highest BCUT2D eigenvalue weighted by molar-refractivity contribution is 5.99. The highest BCUT2D eigenvalue weighted by Crippen LogP contribution is 1.99. The second kappa shape index (κ2) is 4.90. The Hall–Kier alpha value is -1.68. The summed E-state index contributed by atoms with van der Waals surface area (Å²) in [5.74, 6) is 0.233. The first kappa shape index (κ1) is 12.4. The minimum Gasteiger partial charge on any atom is -0.858 e. The van der Waals surface area contributed by atoms with Crippen molar-refractivity contribution in [1.82, 2.24) is 0 Å². The van der Waals surface area contributed by atoms with Gasteiger partial charge in [-0.25, -0.2) is 9.58 Å². The van der Waals surface area contributed by atoms with Crippen molar-refractivity contribution in [3.05, 3.63) is 35.9 Å². The van der Waals surface area contributed by atoms with Gasteiger partial charge in [-0.3, -0.25) is 0 Å². The van der Waals surface area contributed by atoms with E-state index in [2.05, 4.69) is 10.1 Å². The molecular formula is C12H17N3O. The molecule has 0 aliphatic carbocycles. The van der Waals surface area contributed by atoms with Gasteiger partial charge in [0.25, 0.3) is 0 Å². The molecule has 0 aliphatic rings. The number of aliphatic imine (C=N–C) groups is 1. The number of nitrogens with zero attached hydrogens (tertiary/aromatic N) is 3. The minimum absolute atomic E-state index is 0.254. The highest BCUT2D eigenvalue weighted by atomic mass is 16.3. The van der Waals surface area contributed by atoms with Crippen molar-refractivity contribution in [3.63, 3.8) is 0 Å². The third-order valence-electron chi connectivity index (χ3n) is 1.73. The van der Waals surface area contributed by atoms with Crippen LogP contribution in [-0.2, 0) is 0 Å². The van der Waals surface area contributed by atoms with Gasteiger partial charge in [-0.15, -0.1) is 0 Å². The molecule has 0 saturated carbocycles. The van der Waals surface area contributed by atoms with Crippen molar-refractivity contribution in [2.45, 2.75) is 6.92 Å². The summed E-state index contributed by atoms with van der Waals surface area (Å²) in [5.41, 5.74) is 0.582. The van der Waals surface area contributed by atoms with Crippen LogP contribution in [0.4, 0.5) is 0 Å². The zero-order valence-corrected chi connectivity index (χ0v) is 10.1. The van der Waals surface area contributed by atoms with E-state index in [9.17, 15) is 5.11 Å². The maximum absolute atomic E-state index is 11.7. The van der Waals surface area contributed by atoms with Crippen LogP contribution in [0.5, 0.6) is 0 Å². The van der Waals surface area contributed by atoms with E-state index >= 15 is 0 Å². The molecule has 0 N–H and O–H groups in total. The molecule has 0 fully saturated rings. The Morgan fingerprint density at radius 3 is 2.19 bits per heavy atom. The van der Waals surface area contributed by atoms with E-state index < -0.39 is 0 Å². The predicted octanol–water partition coefficient (Wildman–Crippen LogP) is 0.833.